The quantitative estimate of drug-likeness (QED) is 0.139. The Morgan fingerprint density at radius 2 is 1.16 bits per heavy atom. The minimum absolute atomic E-state index is 0.0939. The predicted octanol–water partition coefficient (Wildman–Crippen LogP) is 10.2. The van der Waals surface area contributed by atoms with Crippen molar-refractivity contribution in [2.45, 2.75) is 19.3 Å². The standard InChI is InChI=1S/C37H27N3.C2HI/c1-37(2)30-19-11-9-17-26(30)28-21-29-27-18-10-12-20-34(27)40(35(29)22-31(28)37)36-38-32(24-13-5-3-6-14-24)23-33(39-36)25-15-7-4-8-16-25;1-2-3/h3-23H,1-2H3;1H. The number of nitrogens with zero attached hydrogens (tertiary/aromatic N) is 3. The Kier molecular flexibility index (Phi) is 6.83. The molecule has 1 aliphatic carbocycles. The number of rotatable bonds is 3. The van der Waals surface area contributed by atoms with Crippen molar-refractivity contribution in [3.63, 3.8) is 0 Å². The summed E-state index contributed by atoms with van der Waals surface area (Å²) in [5.41, 5.74) is 11.5. The summed E-state index contributed by atoms with van der Waals surface area (Å²) in [4.78, 5) is 10.4. The number of terminal acetylenes is 1. The van der Waals surface area contributed by atoms with Gasteiger partial charge in [0, 0.05) is 49.9 Å². The molecule has 0 aliphatic heterocycles. The summed E-state index contributed by atoms with van der Waals surface area (Å²) >= 11 is 1.82. The van der Waals surface area contributed by atoms with Crippen LogP contribution in [0, 0.1) is 10.4 Å². The van der Waals surface area contributed by atoms with Gasteiger partial charge in [0.15, 0.2) is 0 Å². The van der Waals surface area contributed by atoms with Gasteiger partial charge in [-0.05, 0) is 50.4 Å². The lowest BCUT2D eigenvalue weighted by atomic mass is 9.82. The molecule has 0 spiro atoms. The maximum absolute atomic E-state index is 5.19. The molecule has 0 N–H and O–H groups in total. The van der Waals surface area contributed by atoms with E-state index in [9.17, 15) is 0 Å². The van der Waals surface area contributed by atoms with Crippen LogP contribution >= 0.6 is 22.6 Å². The van der Waals surface area contributed by atoms with Crippen LogP contribution in [-0.2, 0) is 5.41 Å². The zero-order chi connectivity index (χ0) is 29.6. The number of hydrogen-bond donors (Lipinski definition) is 0. The van der Waals surface area contributed by atoms with Gasteiger partial charge in [-0.2, -0.15) is 0 Å². The second kappa shape index (κ2) is 10.8. The Morgan fingerprint density at radius 1 is 0.605 bits per heavy atom. The molecule has 0 radical (unpaired) electrons. The molecule has 7 aromatic rings. The molecule has 8 rings (SSSR count). The van der Waals surface area contributed by atoms with Crippen LogP contribution < -0.4 is 0 Å². The molecule has 0 saturated heterocycles. The van der Waals surface area contributed by atoms with Gasteiger partial charge < -0.3 is 0 Å². The Morgan fingerprint density at radius 3 is 1.81 bits per heavy atom. The van der Waals surface area contributed by atoms with Crippen molar-refractivity contribution in [2.75, 3.05) is 0 Å². The van der Waals surface area contributed by atoms with Crippen LogP contribution in [0.4, 0.5) is 0 Å². The SMILES string of the molecule is C#CI.CC1(C)c2ccccc2-c2cc3c4ccccc4n(-c4nc(-c5ccccc5)cc(-c5ccccc5)n4)c3cc21. The van der Waals surface area contributed by atoms with E-state index in [-0.39, 0.29) is 5.41 Å². The lowest BCUT2D eigenvalue weighted by Crippen LogP contribution is -2.15. The van der Waals surface area contributed by atoms with E-state index in [1.54, 1.807) is 0 Å². The van der Waals surface area contributed by atoms with E-state index in [1.165, 1.54) is 33.0 Å². The first kappa shape index (κ1) is 27.1. The number of benzene rings is 5. The minimum atomic E-state index is -0.0939. The summed E-state index contributed by atoms with van der Waals surface area (Å²) in [6.07, 6.45) is 4.58. The first-order valence-electron chi connectivity index (χ1n) is 14.3. The summed E-state index contributed by atoms with van der Waals surface area (Å²) in [5, 5.41) is 2.43. The van der Waals surface area contributed by atoms with Gasteiger partial charge in [-0.25, -0.2) is 9.97 Å². The highest BCUT2D eigenvalue weighted by atomic mass is 127. The van der Waals surface area contributed by atoms with E-state index in [2.05, 4.69) is 144 Å². The molecule has 5 aromatic carbocycles. The zero-order valence-electron chi connectivity index (χ0n) is 23.9. The average Bonchev–Trinajstić information content (AvgIpc) is 3.49. The highest BCUT2D eigenvalue weighted by molar-refractivity contribution is 14.1. The van der Waals surface area contributed by atoms with E-state index in [0.29, 0.717) is 5.95 Å². The fraction of sp³-hybridized carbons (Fsp3) is 0.0769. The fourth-order valence-electron chi connectivity index (χ4n) is 6.43. The van der Waals surface area contributed by atoms with Crippen LogP contribution in [0.15, 0.2) is 127 Å². The van der Waals surface area contributed by atoms with Crippen LogP contribution in [0.3, 0.4) is 0 Å². The number of fused-ring (bicyclic) bond motifs is 6. The molecule has 0 amide bonds. The molecular formula is C39H28IN3. The van der Waals surface area contributed by atoms with Crippen molar-refractivity contribution < 1.29 is 0 Å². The Labute approximate surface area is 265 Å². The lowest BCUT2D eigenvalue weighted by Gasteiger charge is -2.21. The Bertz CT molecular complexity index is 2110. The summed E-state index contributed by atoms with van der Waals surface area (Å²) < 4.78 is 4.47. The first-order valence-corrected chi connectivity index (χ1v) is 15.3. The number of aromatic nitrogens is 3. The topological polar surface area (TPSA) is 30.7 Å². The highest BCUT2D eigenvalue weighted by Gasteiger charge is 2.36. The second-order valence-corrected chi connectivity index (χ2v) is 11.8. The molecule has 2 aromatic heterocycles. The smallest absolute Gasteiger partial charge is 0.235 e. The third kappa shape index (κ3) is 4.52. The van der Waals surface area contributed by atoms with Gasteiger partial charge in [0.1, 0.15) is 0 Å². The van der Waals surface area contributed by atoms with Crippen LogP contribution in [-0.4, -0.2) is 14.5 Å². The molecule has 2 heterocycles. The molecule has 0 bridgehead atoms. The van der Waals surface area contributed by atoms with Gasteiger partial charge in [-0.15, -0.1) is 6.42 Å². The summed E-state index contributed by atoms with van der Waals surface area (Å²) in [5.74, 6) is 0.680. The number of hydrogen-bond acceptors (Lipinski definition) is 2. The maximum atomic E-state index is 5.19. The average molecular weight is 666 g/mol. The molecule has 0 fully saturated rings. The maximum Gasteiger partial charge on any atom is 0.235 e. The molecule has 206 valence electrons. The van der Waals surface area contributed by atoms with Crippen molar-refractivity contribution in [2.24, 2.45) is 0 Å². The Balaban J connectivity index is 0.000000963. The third-order valence-corrected chi connectivity index (χ3v) is 8.43. The number of halogens is 1. The van der Waals surface area contributed by atoms with E-state index in [0.717, 1.165) is 33.5 Å². The van der Waals surface area contributed by atoms with E-state index < -0.39 is 0 Å². The molecular weight excluding hydrogens is 637 g/mol. The van der Waals surface area contributed by atoms with Gasteiger partial charge >= 0.3 is 0 Å². The normalized spacial score (nSPS) is 12.7. The molecule has 4 heteroatoms. The molecule has 1 aliphatic rings. The van der Waals surface area contributed by atoms with E-state index >= 15 is 0 Å². The van der Waals surface area contributed by atoms with E-state index in [4.69, 9.17) is 9.97 Å². The van der Waals surface area contributed by atoms with E-state index in [1.807, 2.05) is 34.7 Å². The van der Waals surface area contributed by atoms with Crippen molar-refractivity contribution >= 4 is 44.4 Å². The van der Waals surface area contributed by atoms with Crippen molar-refractivity contribution in [1.29, 1.82) is 0 Å². The summed E-state index contributed by atoms with van der Waals surface area (Å²) in [7, 11) is 0. The van der Waals surface area contributed by atoms with Crippen LogP contribution in [0.1, 0.15) is 25.0 Å². The highest BCUT2D eigenvalue weighted by Crippen LogP contribution is 2.50. The monoisotopic (exact) mass is 665 g/mol. The molecule has 0 unspecified atom stereocenters. The van der Waals surface area contributed by atoms with Crippen molar-refractivity contribution in [3.8, 4) is 49.9 Å². The van der Waals surface area contributed by atoms with Gasteiger partial charge in [0.05, 0.1) is 22.4 Å². The summed E-state index contributed by atoms with van der Waals surface area (Å²) in [6, 6.07) is 45.0. The van der Waals surface area contributed by atoms with Gasteiger partial charge in [-0.3, -0.25) is 4.57 Å². The zero-order valence-corrected chi connectivity index (χ0v) is 26.1. The molecule has 0 atom stereocenters. The largest absolute Gasteiger partial charge is 0.278 e. The molecule has 43 heavy (non-hydrogen) atoms. The molecule has 0 saturated carbocycles. The van der Waals surface area contributed by atoms with Gasteiger partial charge in [0.2, 0.25) is 5.95 Å². The summed E-state index contributed by atoms with van der Waals surface area (Å²) in [6.45, 7) is 4.66. The molecule has 3 nitrogen and oxygen atoms in total. The number of para-hydroxylation sites is 1. The van der Waals surface area contributed by atoms with Gasteiger partial charge in [-0.1, -0.05) is 117 Å². The van der Waals surface area contributed by atoms with Gasteiger partial charge in [0.25, 0.3) is 0 Å². The Hall–Kier alpha value is -4.73. The third-order valence-electron chi connectivity index (χ3n) is 8.43. The second-order valence-electron chi connectivity index (χ2n) is 11.2. The van der Waals surface area contributed by atoms with Crippen molar-refractivity contribution in [3.05, 3.63) is 139 Å². The lowest BCUT2D eigenvalue weighted by molar-refractivity contribution is 0.661. The predicted molar refractivity (Wildman–Crippen MR) is 188 cm³/mol. The first-order chi connectivity index (χ1) is 21.0. The van der Waals surface area contributed by atoms with Crippen LogP contribution in [0.2, 0.25) is 0 Å². The van der Waals surface area contributed by atoms with Crippen LogP contribution in [0.25, 0.3) is 61.4 Å². The van der Waals surface area contributed by atoms with Crippen LogP contribution in [0.5, 0.6) is 0 Å². The minimum Gasteiger partial charge on any atom is -0.278 e. The fourth-order valence-corrected chi connectivity index (χ4v) is 6.43. The van der Waals surface area contributed by atoms with Crippen molar-refractivity contribution in [1.82, 2.24) is 14.5 Å².